The highest BCUT2D eigenvalue weighted by molar-refractivity contribution is 6.10. The molecule has 0 saturated carbocycles. The molecule has 3 aromatic heterocycles. The molecule has 0 bridgehead atoms. The maximum atomic E-state index is 5.39. The molecule has 0 aliphatic heterocycles. The average molecular weight is 795 g/mol. The highest BCUT2D eigenvalue weighted by atomic mass is 15.0. The molecule has 8 aromatic carbocycles. The summed E-state index contributed by atoms with van der Waals surface area (Å²) in [4.78, 5) is 26.1. The first kappa shape index (κ1) is 36.7. The van der Waals surface area contributed by atoms with E-state index in [1.807, 2.05) is 97.1 Å². The van der Waals surface area contributed by atoms with Gasteiger partial charge in [-0.15, -0.1) is 0 Å². The van der Waals surface area contributed by atoms with Crippen LogP contribution in [0.5, 0.6) is 0 Å². The lowest BCUT2D eigenvalue weighted by Gasteiger charge is -2.17. The molecule has 0 spiro atoms. The van der Waals surface area contributed by atoms with Crippen LogP contribution in [0.4, 0.5) is 0 Å². The molecule has 0 unspecified atom stereocenters. The van der Waals surface area contributed by atoms with Crippen molar-refractivity contribution in [2.75, 3.05) is 0 Å². The van der Waals surface area contributed by atoms with Crippen LogP contribution in [0.25, 0.3) is 107 Å². The minimum Gasteiger partial charge on any atom is -0.308 e. The predicted molar refractivity (Wildman–Crippen MR) is 253 cm³/mol. The predicted octanol–water partition coefficient (Wildman–Crippen LogP) is 13.7. The van der Waals surface area contributed by atoms with Crippen LogP contribution in [0.3, 0.4) is 0 Å². The van der Waals surface area contributed by atoms with Crippen molar-refractivity contribution in [3.05, 3.63) is 218 Å². The van der Waals surface area contributed by atoms with Crippen molar-refractivity contribution in [3.63, 3.8) is 0 Å². The number of aryl methyl sites for hydroxylation is 1. The quantitative estimate of drug-likeness (QED) is 0.153. The van der Waals surface area contributed by atoms with Crippen LogP contribution in [0.2, 0.25) is 0 Å². The smallest absolute Gasteiger partial charge is 0.164 e. The van der Waals surface area contributed by atoms with Gasteiger partial charge in [0.15, 0.2) is 23.3 Å². The zero-order chi connectivity index (χ0) is 41.4. The fourth-order valence-electron chi connectivity index (χ4n) is 8.36. The summed E-state index contributed by atoms with van der Waals surface area (Å²) in [7, 11) is 0. The first-order valence-corrected chi connectivity index (χ1v) is 20.8. The van der Waals surface area contributed by atoms with Crippen molar-refractivity contribution in [2.45, 2.75) is 6.92 Å². The summed E-state index contributed by atoms with van der Waals surface area (Å²) in [6.45, 7) is 2.17. The molecule has 0 aliphatic carbocycles. The first-order valence-electron chi connectivity index (χ1n) is 20.8. The van der Waals surface area contributed by atoms with Gasteiger partial charge in [-0.2, -0.15) is 0 Å². The fraction of sp³-hybridized carbons (Fsp3) is 0.0179. The Labute approximate surface area is 359 Å². The summed E-state index contributed by atoms with van der Waals surface area (Å²) in [6.07, 6.45) is 0. The molecular formula is C56H38N6. The van der Waals surface area contributed by atoms with Crippen molar-refractivity contribution < 1.29 is 0 Å². The minimum absolute atomic E-state index is 0.553. The summed E-state index contributed by atoms with van der Waals surface area (Å²) >= 11 is 0. The van der Waals surface area contributed by atoms with Crippen molar-refractivity contribution in [2.24, 2.45) is 0 Å². The van der Waals surface area contributed by atoms with Gasteiger partial charge in [-0.25, -0.2) is 24.9 Å². The number of aromatic nitrogens is 6. The van der Waals surface area contributed by atoms with Gasteiger partial charge in [-0.05, 0) is 60.0 Å². The van der Waals surface area contributed by atoms with Crippen molar-refractivity contribution in [1.82, 2.24) is 29.5 Å². The van der Waals surface area contributed by atoms with E-state index in [2.05, 4.69) is 127 Å². The Balaban J connectivity index is 1.21. The van der Waals surface area contributed by atoms with Gasteiger partial charge in [0, 0.05) is 44.2 Å². The Morgan fingerprint density at radius 3 is 1.39 bits per heavy atom. The number of hydrogen-bond acceptors (Lipinski definition) is 5. The lowest BCUT2D eigenvalue weighted by atomic mass is 9.99. The van der Waals surface area contributed by atoms with E-state index < -0.39 is 0 Å². The second-order valence-electron chi connectivity index (χ2n) is 15.4. The monoisotopic (exact) mass is 794 g/mol. The lowest BCUT2D eigenvalue weighted by Crippen LogP contribution is -2.04. The molecule has 11 aromatic rings. The van der Waals surface area contributed by atoms with Gasteiger partial charge in [0.25, 0.3) is 0 Å². The largest absolute Gasteiger partial charge is 0.308 e. The van der Waals surface area contributed by atoms with Gasteiger partial charge < -0.3 is 4.57 Å². The topological polar surface area (TPSA) is 69.4 Å². The summed E-state index contributed by atoms with van der Waals surface area (Å²) < 4.78 is 2.37. The third-order valence-electron chi connectivity index (χ3n) is 11.4. The molecule has 6 heteroatoms. The third-order valence-corrected chi connectivity index (χ3v) is 11.4. The lowest BCUT2D eigenvalue weighted by molar-refractivity contribution is 1.07. The molecule has 0 aliphatic rings. The standard InChI is InChI=1S/C56H38N6/c1-37-18-14-15-27-44(37)42-30-32-46-45-28-16-17-29-50(45)62(52(46)35-42)51-33-31-43(55-60-53(40-23-10-4-11-24-40)59-54(61-55)41-25-12-5-13-26-41)34-47(51)56-57-48(38-19-6-2-7-20-38)36-49(58-56)39-21-8-3-9-22-39/h2-36H,1H3. The molecule has 11 rings (SSSR count). The molecule has 0 N–H and O–H groups in total. The number of benzene rings is 8. The second kappa shape index (κ2) is 15.7. The first-order chi connectivity index (χ1) is 30.6. The number of fused-ring (bicyclic) bond motifs is 3. The highest BCUT2D eigenvalue weighted by Crippen LogP contribution is 2.40. The normalized spacial score (nSPS) is 11.3. The molecule has 62 heavy (non-hydrogen) atoms. The van der Waals surface area contributed by atoms with E-state index in [1.54, 1.807) is 0 Å². The molecule has 0 fully saturated rings. The van der Waals surface area contributed by atoms with Crippen molar-refractivity contribution in [3.8, 4) is 84.9 Å². The van der Waals surface area contributed by atoms with Crippen molar-refractivity contribution >= 4 is 21.8 Å². The van der Waals surface area contributed by atoms with E-state index in [0.717, 1.165) is 77.8 Å². The second-order valence-corrected chi connectivity index (χ2v) is 15.4. The molecule has 0 atom stereocenters. The molecule has 292 valence electrons. The molecule has 3 heterocycles. The summed E-state index contributed by atoms with van der Waals surface area (Å²) in [5.41, 5.74) is 13.8. The Bertz CT molecular complexity index is 3280. The molecule has 0 saturated heterocycles. The zero-order valence-corrected chi connectivity index (χ0v) is 33.9. The van der Waals surface area contributed by atoms with Gasteiger partial charge in [-0.3, -0.25) is 0 Å². The number of para-hydroxylation sites is 1. The van der Waals surface area contributed by atoms with Gasteiger partial charge >= 0.3 is 0 Å². The van der Waals surface area contributed by atoms with Crippen LogP contribution in [0.1, 0.15) is 5.56 Å². The Kier molecular flexibility index (Phi) is 9.28. The van der Waals surface area contributed by atoms with E-state index in [1.165, 1.54) is 11.1 Å². The van der Waals surface area contributed by atoms with E-state index >= 15 is 0 Å². The van der Waals surface area contributed by atoms with Gasteiger partial charge in [0.2, 0.25) is 0 Å². The summed E-state index contributed by atoms with van der Waals surface area (Å²) in [6, 6.07) is 73.3. The van der Waals surface area contributed by atoms with E-state index in [4.69, 9.17) is 24.9 Å². The van der Waals surface area contributed by atoms with E-state index in [0.29, 0.717) is 23.3 Å². The molecule has 0 radical (unpaired) electrons. The maximum absolute atomic E-state index is 5.39. The molecular weight excluding hydrogens is 757 g/mol. The third kappa shape index (κ3) is 6.79. The Hall–Kier alpha value is -8.35. The van der Waals surface area contributed by atoms with Gasteiger partial charge in [0.1, 0.15) is 0 Å². The van der Waals surface area contributed by atoms with Crippen LogP contribution in [0, 0.1) is 6.92 Å². The van der Waals surface area contributed by atoms with E-state index in [9.17, 15) is 0 Å². The molecule has 0 amide bonds. The maximum Gasteiger partial charge on any atom is 0.164 e. The molecule has 6 nitrogen and oxygen atoms in total. The van der Waals surface area contributed by atoms with Crippen LogP contribution in [0.15, 0.2) is 212 Å². The summed E-state index contributed by atoms with van der Waals surface area (Å²) in [5, 5.41) is 2.32. The number of hydrogen-bond donors (Lipinski definition) is 0. The zero-order valence-electron chi connectivity index (χ0n) is 33.9. The van der Waals surface area contributed by atoms with Crippen LogP contribution in [-0.2, 0) is 0 Å². The minimum atomic E-state index is 0.553. The number of rotatable bonds is 8. The highest BCUT2D eigenvalue weighted by Gasteiger charge is 2.22. The fourth-order valence-corrected chi connectivity index (χ4v) is 8.36. The Morgan fingerprint density at radius 2 is 0.790 bits per heavy atom. The summed E-state index contributed by atoms with van der Waals surface area (Å²) in [5.74, 6) is 2.33. The number of nitrogens with zero attached hydrogens (tertiary/aromatic N) is 6. The van der Waals surface area contributed by atoms with Gasteiger partial charge in [-0.1, -0.05) is 176 Å². The van der Waals surface area contributed by atoms with Crippen molar-refractivity contribution in [1.29, 1.82) is 0 Å². The Morgan fingerprint density at radius 1 is 0.306 bits per heavy atom. The van der Waals surface area contributed by atoms with Gasteiger partial charge in [0.05, 0.1) is 28.1 Å². The van der Waals surface area contributed by atoms with E-state index in [-0.39, 0.29) is 0 Å². The van der Waals surface area contributed by atoms with Crippen LogP contribution >= 0.6 is 0 Å². The van der Waals surface area contributed by atoms with Crippen LogP contribution < -0.4 is 0 Å². The average Bonchev–Trinajstić information content (AvgIpc) is 3.68. The SMILES string of the molecule is Cc1ccccc1-c1ccc2c3ccccc3n(-c3ccc(-c4nc(-c5ccccc5)nc(-c5ccccc5)n4)cc3-c3nc(-c4ccccc4)cc(-c4ccccc4)n3)c2c1. The van der Waals surface area contributed by atoms with Crippen LogP contribution in [-0.4, -0.2) is 29.5 Å².